The number of benzene rings is 1. The Bertz CT molecular complexity index is 387. The van der Waals surface area contributed by atoms with Crippen molar-refractivity contribution in [1.29, 1.82) is 0 Å². The highest BCUT2D eigenvalue weighted by atomic mass is 15.2. The van der Waals surface area contributed by atoms with Crippen LogP contribution in [0.1, 0.15) is 36.1 Å². The largest absolute Gasteiger partial charge is 0.329 e. The highest BCUT2D eigenvalue weighted by Gasteiger charge is 2.26. The molecule has 2 atom stereocenters. The molecule has 0 amide bonds. The molecule has 1 fully saturated rings. The van der Waals surface area contributed by atoms with Crippen molar-refractivity contribution < 1.29 is 0 Å². The van der Waals surface area contributed by atoms with Crippen LogP contribution in [0.5, 0.6) is 0 Å². The molecule has 2 heteroatoms. The first-order valence-electron chi connectivity index (χ1n) is 6.63. The second kappa shape index (κ2) is 5.19. The van der Waals surface area contributed by atoms with Gasteiger partial charge in [0.1, 0.15) is 0 Å². The molecule has 0 aliphatic carbocycles. The number of hydrogen-bond donors (Lipinski definition) is 1. The average Bonchev–Trinajstić information content (AvgIpc) is 2.71. The highest BCUT2D eigenvalue weighted by Crippen LogP contribution is 2.29. The van der Waals surface area contributed by atoms with E-state index >= 15 is 0 Å². The molecule has 1 aliphatic heterocycles. The summed E-state index contributed by atoms with van der Waals surface area (Å²) in [5.74, 6) is 0.814. The molecule has 94 valence electrons. The van der Waals surface area contributed by atoms with Crippen molar-refractivity contribution in [1.82, 2.24) is 4.90 Å². The maximum atomic E-state index is 6.01. The zero-order valence-corrected chi connectivity index (χ0v) is 11.2. The molecule has 1 aromatic rings. The van der Waals surface area contributed by atoms with Crippen LogP contribution in [-0.2, 0) is 0 Å². The van der Waals surface area contributed by atoms with Crippen LogP contribution < -0.4 is 5.73 Å². The van der Waals surface area contributed by atoms with Gasteiger partial charge in [0.15, 0.2) is 0 Å². The zero-order chi connectivity index (χ0) is 12.4. The third-order valence-corrected chi connectivity index (χ3v) is 3.91. The molecule has 1 aliphatic rings. The van der Waals surface area contributed by atoms with E-state index in [1.807, 2.05) is 0 Å². The van der Waals surface area contributed by atoms with Gasteiger partial charge in [-0.1, -0.05) is 30.7 Å². The van der Waals surface area contributed by atoms with Gasteiger partial charge in [0.25, 0.3) is 0 Å². The number of nitrogens with two attached hydrogens (primary N) is 1. The fourth-order valence-corrected chi connectivity index (χ4v) is 2.84. The summed E-state index contributed by atoms with van der Waals surface area (Å²) in [6.45, 7) is 9.78. The van der Waals surface area contributed by atoms with Crippen molar-refractivity contribution in [3.05, 3.63) is 34.9 Å². The summed E-state index contributed by atoms with van der Waals surface area (Å²) in [6, 6.07) is 7.10. The number of likely N-dealkylation sites (tertiary alicyclic amines) is 1. The van der Waals surface area contributed by atoms with E-state index < -0.39 is 0 Å². The van der Waals surface area contributed by atoms with Gasteiger partial charge in [0.2, 0.25) is 0 Å². The van der Waals surface area contributed by atoms with Crippen LogP contribution >= 0.6 is 0 Å². The molecule has 2 rings (SSSR count). The monoisotopic (exact) mass is 232 g/mol. The molecular formula is C15H24N2. The number of hydrogen-bond acceptors (Lipinski definition) is 2. The minimum Gasteiger partial charge on any atom is -0.329 e. The topological polar surface area (TPSA) is 29.3 Å². The molecule has 0 bridgehead atoms. The minimum absolute atomic E-state index is 0.403. The van der Waals surface area contributed by atoms with Crippen LogP contribution in [0.15, 0.2) is 18.2 Å². The molecule has 1 heterocycles. The summed E-state index contributed by atoms with van der Waals surface area (Å²) in [5.41, 5.74) is 10.1. The lowest BCUT2D eigenvalue weighted by Gasteiger charge is -2.28. The molecular weight excluding hydrogens is 208 g/mol. The zero-order valence-electron chi connectivity index (χ0n) is 11.2. The smallest absolute Gasteiger partial charge is 0.0473 e. The van der Waals surface area contributed by atoms with Gasteiger partial charge in [-0.25, -0.2) is 0 Å². The summed E-state index contributed by atoms with van der Waals surface area (Å²) in [4.78, 5) is 2.55. The fraction of sp³-hybridized carbons (Fsp3) is 0.600. The Morgan fingerprint density at radius 1 is 1.41 bits per heavy atom. The predicted octanol–water partition coefficient (Wildman–Crippen LogP) is 2.65. The molecule has 2 N–H and O–H groups in total. The highest BCUT2D eigenvalue weighted by molar-refractivity contribution is 5.33. The van der Waals surface area contributed by atoms with E-state index in [1.54, 1.807) is 0 Å². The lowest BCUT2D eigenvalue weighted by atomic mass is 9.98. The Morgan fingerprint density at radius 3 is 2.76 bits per heavy atom. The lowest BCUT2D eigenvalue weighted by Crippen LogP contribution is -2.32. The molecule has 17 heavy (non-hydrogen) atoms. The van der Waals surface area contributed by atoms with Gasteiger partial charge in [-0.05, 0) is 43.9 Å². The molecule has 2 nitrogen and oxygen atoms in total. The Hall–Kier alpha value is -0.860. The van der Waals surface area contributed by atoms with E-state index in [-0.39, 0.29) is 0 Å². The van der Waals surface area contributed by atoms with Crippen LogP contribution in [-0.4, -0.2) is 24.5 Å². The SMILES string of the molecule is Cc1ccc(C)c(C(CN)N2CCC(C)C2)c1. The van der Waals surface area contributed by atoms with Crippen molar-refractivity contribution in [2.75, 3.05) is 19.6 Å². The minimum atomic E-state index is 0.403. The normalized spacial score (nSPS) is 22.9. The number of rotatable bonds is 3. The van der Waals surface area contributed by atoms with E-state index in [0.29, 0.717) is 6.04 Å². The Balaban J connectivity index is 2.25. The molecule has 1 aromatic carbocycles. The lowest BCUT2D eigenvalue weighted by molar-refractivity contribution is 0.243. The third kappa shape index (κ3) is 2.70. The second-order valence-electron chi connectivity index (χ2n) is 5.50. The standard InChI is InChI=1S/C15H24N2/c1-11-4-5-13(3)14(8-11)15(9-16)17-7-6-12(2)10-17/h4-5,8,12,15H,6-7,9-10,16H2,1-3H3. The van der Waals surface area contributed by atoms with Gasteiger partial charge in [-0.2, -0.15) is 0 Å². The first-order chi connectivity index (χ1) is 8.11. The van der Waals surface area contributed by atoms with Crippen molar-refractivity contribution in [3.8, 4) is 0 Å². The second-order valence-corrected chi connectivity index (χ2v) is 5.50. The van der Waals surface area contributed by atoms with Crippen molar-refractivity contribution >= 4 is 0 Å². The third-order valence-electron chi connectivity index (χ3n) is 3.91. The quantitative estimate of drug-likeness (QED) is 0.868. The summed E-state index contributed by atoms with van der Waals surface area (Å²) in [7, 11) is 0. The van der Waals surface area contributed by atoms with Crippen molar-refractivity contribution in [3.63, 3.8) is 0 Å². The van der Waals surface area contributed by atoms with Gasteiger partial charge < -0.3 is 5.73 Å². The van der Waals surface area contributed by atoms with Crippen molar-refractivity contribution in [2.24, 2.45) is 11.7 Å². The van der Waals surface area contributed by atoms with Crippen LogP contribution in [0, 0.1) is 19.8 Å². The Kier molecular flexibility index (Phi) is 3.85. The predicted molar refractivity (Wildman–Crippen MR) is 73.1 cm³/mol. The first-order valence-corrected chi connectivity index (χ1v) is 6.63. The summed E-state index contributed by atoms with van der Waals surface area (Å²) in [5, 5.41) is 0. The summed E-state index contributed by atoms with van der Waals surface area (Å²) >= 11 is 0. The molecule has 0 spiro atoms. The van der Waals surface area contributed by atoms with Crippen LogP contribution in [0.4, 0.5) is 0 Å². The fourth-order valence-electron chi connectivity index (χ4n) is 2.84. The van der Waals surface area contributed by atoms with E-state index in [4.69, 9.17) is 5.73 Å². The van der Waals surface area contributed by atoms with E-state index in [9.17, 15) is 0 Å². The van der Waals surface area contributed by atoms with Crippen LogP contribution in [0.25, 0.3) is 0 Å². The maximum absolute atomic E-state index is 6.01. The van der Waals surface area contributed by atoms with Gasteiger partial charge in [0.05, 0.1) is 0 Å². The first kappa shape index (κ1) is 12.6. The molecule has 0 radical (unpaired) electrons. The molecule has 0 saturated carbocycles. The Morgan fingerprint density at radius 2 is 2.18 bits per heavy atom. The van der Waals surface area contributed by atoms with E-state index in [1.165, 1.54) is 36.2 Å². The molecule has 0 aromatic heterocycles. The van der Waals surface area contributed by atoms with Gasteiger partial charge >= 0.3 is 0 Å². The number of aryl methyl sites for hydroxylation is 2. The van der Waals surface area contributed by atoms with E-state index in [2.05, 4.69) is 43.9 Å². The average molecular weight is 232 g/mol. The summed E-state index contributed by atoms with van der Waals surface area (Å²) in [6.07, 6.45) is 1.31. The van der Waals surface area contributed by atoms with Gasteiger partial charge in [-0.15, -0.1) is 0 Å². The molecule has 2 unspecified atom stereocenters. The number of nitrogens with zero attached hydrogens (tertiary/aromatic N) is 1. The van der Waals surface area contributed by atoms with Gasteiger partial charge in [-0.3, -0.25) is 4.90 Å². The summed E-state index contributed by atoms with van der Waals surface area (Å²) < 4.78 is 0. The van der Waals surface area contributed by atoms with Gasteiger partial charge in [0, 0.05) is 19.1 Å². The molecule has 1 saturated heterocycles. The maximum Gasteiger partial charge on any atom is 0.0473 e. The van der Waals surface area contributed by atoms with E-state index in [0.717, 1.165) is 12.5 Å². The Labute approximate surface area is 105 Å². The van der Waals surface area contributed by atoms with Crippen molar-refractivity contribution in [2.45, 2.75) is 33.2 Å². The van der Waals surface area contributed by atoms with Crippen LogP contribution in [0.3, 0.4) is 0 Å². The van der Waals surface area contributed by atoms with Crippen LogP contribution in [0.2, 0.25) is 0 Å².